The van der Waals surface area contributed by atoms with Crippen LogP contribution < -0.4 is 20.7 Å². The van der Waals surface area contributed by atoms with E-state index in [4.69, 9.17) is 4.74 Å². The predicted molar refractivity (Wildman–Crippen MR) is 141 cm³/mol. The van der Waals surface area contributed by atoms with Gasteiger partial charge in [0.1, 0.15) is 17.4 Å². The summed E-state index contributed by atoms with van der Waals surface area (Å²) in [5.74, 6) is -1.14. The van der Waals surface area contributed by atoms with Gasteiger partial charge in [-0.3, -0.25) is 14.9 Å². The predicted octanol–water partition coefficient (Wildman–Crippen LogP) is 4.71. The van der Waals surface area contributed by atoms with E-state index in [2.05, 4.69) is 32.9 Å². The second-order valence-corrected chi connectivity index (χ2v) is 9.43. The number of urea groups is 1. The molecule has 2 aromatic carbocycles. The van der Waals surface area contributed by atoms with E-state index in [0.717, 1.165) is 32.0 Å². The van der Waals surface area contributed by atoms with E-state index in [1.807, 2.05) is 0 Å². The zero-order valence-corrected chi connectivity index (χ0v) is 21.4. The summed E-state index contributed by atoms with van der Waals surface area (Å²) in [6.07, 6.45) is 3.68. The van der Waals surface area contributed by atoms with Crippen LogP contribution in [0.3, 0.4) is 0 Å². The molecule has 0 saturated carbocycles. The monoisotopic (exact) mass is 537 g/mol. The molecule has 204 valence electrons. The van der Waals surface area contributed by atoms with Crippen LogP contribution in [0, 0.1) is 17.6 Å². The number of ether oxygens (including phenoxy) is 1. The number of nitrogens with one attached hydrogen (secondary N) is 3. The molecule has 0 spiro atoms. The lowest BCUT2D eigenvalue weighted by atomic mass is 9.93. The van der Waals surface area contributed by atoms with Crippen LogP contribution in [-0.4, -0.2) is 47.9 Å². The fourth-order valence-corrected chi connectivity index (χ4v) is 4.17. The van der Waals surface area contributed by atoms with Crippen molar-refractivity contribution in [3.8, 4) is 11.5 Å². The van der Waals surface area contributed by atoms with Gasteiger partial charge in [-0.1, -0.05) is 12.1 Å². The standard InChI is InChI=1S/C28H29F2N5O4/c1-35-12-9-19(10-13-35)15-26(36)33-25-17-22(8-11-31-25)39-24-7-6-21(16-23(24)30)32-28(38)34-27(37)14-18-2-4-20(29)5-3-18/h2-8,11,16-17,19H,9-10,12-15H2,1H3,(H,31,33,36)(H2,32,34,37,38). The molecular weight excluding hydrogens is 508 g/mol. The van der Waals surface area contributed by atoms with E-state index in [1.165, 1.54) is 54.7 Å². The Morgan fingerprint density at radius 2 is 1.72 bits per heavy atom. The summed E-state index contributed by atoms with van der Waals surface area (Å²) in [7, 11) is 2.07. The maximum Gasteiger partial charge on any atom is 0.325 e. The number of aromatic nitrogens is 1. The number of nitrogens with zero attached hydrogens (tertiary/aromatic N) is 2. The number of halogens is 2. The third-order valence-electron chi connectivity index (χ3n) is 6.26. The van der Waals surface area contributed by atoms with Crippen molar-refractivity contribution < 1.29 is 27.9 Å². The van der Waals surface area contributed by atoms with Gasteiger partial charge in [-0.2, -0.15) is 0 Å². The Hall–Kier alpha value is -4.38. The molecule has 4 rings (SSSR count). The van der Waals surface area contributed by atoms with Crippen LogP contribution in [-0.2, 0) is 16.0 Å². The Morgan fingerprint density at radius 3 is 2.44 bits per heavy atom. The van der Waals surface area contributed by atoms with Gasteiger partial charge in [-0.05, 0) is 74.8 Å². The molecule has 3 N–H and O–H groups in total. The first kappa shape index (κ1) is 27.6. The number of likely N-dealkylation sites (tertiary alicyclic amines) is 1. The Bertz CT molecular complexity index is 1330. The minimum absolute atomic E-state index is 0.100. The molecule has 0 unspecified atom stereocenters. The average molecular weight is 538 g/mol. The molecule has 2 heterocycles. The maximum atomic E-state index is 14.7. The van der Waals surface area contributed by atoms with Gasteiger partial charge in [0.2, 0.25) is 11.8 Å². The quantitative estimate of drug-likeness (QED) is 0.384. The molecule has 1 aromatic heterocycles. The SMILES string of the molecule is CN1CCC(CC(=O)Nc2cc(Oc3ccc(NC(=O)NC(=O)Cc4ccc(F)cc4)cc3F)ccn2)CC1. The van der Waals surface area contributed by atoms with Crippen molar-refractivity contribution in [3.63, 3.8) is 0 Å². The Morgan fingerprint density at radius 1 is 0.974 bits per heavy atom. The molecule has 11 heteroatoms. The lowest BCUT2D eigenvalue weighted by molar-refractivity contribution is -0.119. The molecule has 4 amide bonds. The van der Waals surface area contributed by atoms with Crippen molar-refractivity contribution in [3.05, 3.63) is 78.0 Å². The molecule has 9 nitrogen and oxygen atoms in total. The number of carbonyl (C=O) groups excluding carboxylic acids is 3. The van der Waals surface area contributed by atoms with Crippen LogP contribution >= 0.6 is 0 Å². The number of piperidine rings is 1. The Balaban J connectivity index is 1.28. The van der Waals surface area contributed by atoms with E-state index in [0.29, 0.717) is 23.7 Å². The van der Waals surface area contributed by atoms with Crippen LogP contribution in [0.25, 0.3) is 0 Å². The second kappa shape index (κ2) is 12.9. The average Bonchev–Trinajstić information content (AvgIpc) is 2.88. The Kier molecular flexibility index (Phi) is 9.16. The van der Waals surface area contributed by atoms with E-state index in [-0.39, 0.29) is 29.5 Å². The number of benzene rings is 2. The first-order chi connectivity index (χ1) is 18.7. The molecule has 0 atom stereocenters. The number of anilines is 2. The normalized spacial score (nSPS) is 13.9. The van der Waals surface area contributed by atoms with Gasteiger partial charge in [0.05, 0.1) is 6.42 Å². The van der Waals surface area contributed by atoms with Gasteiger partial charge in [-0.25, -0.2) is 18.6 Å². The lowest BCUT2D eigenvalue weighted by Crippen LogP contribution is -2.35. The number of rotatable bonds is 8. The lowest BCUT2D eigenvalue weighted by Gasteiger charge is -2.28. The highest BCUT2D eigenvalue weighted by molar-refractivity contribution is 6.01. The van der Waals surface area contributed by atoms with Gasteiger partial charge < -0.3 is 20.3 Å². The van der Waals surface area contributed by atoms with Crippen molar-refractivity contribution >= 4 is 29.4 Å². The summed E-state index contributed by atoms with van der Waals surface area (Å²) >= 11 is 0. The van der Waals surface area contributed by atoms with Crippen molar-refractivity contribution in [2.45, 2.75) is 25.7 Å². The number of imide groups is 1. The number of pyridine rings is 1. The van der Waals surface area contributed by atoms with E-state index in [1.54, 1.807) is 0 Å². The van der Waals surface area contributed by atoms with Crippen LogP contribution in [0.2, 0.25) is 0 Å². The van der Waals surface area contributed by atoms with E-state index in [9.17, 15) is 23.2 Å². The van der Waals surface area contributed by atoms with Crippen LogP contribution in [0.15, 0.2) is 60.8 Å². The summed E-state index contributed by atoms with van der Waals surface area (Å²) in [4.78, 5) is 43.0. The fourth-order valence-electron chi connectivity index (χ4n) is 4.17. The van der Waals surface area contributed by atoms with Gasteiger partial charge in [0.15, 0.2) is 11.6 Å². The second-order valence-electron chi connectivity index (χ2n) is 9.43. The van der Waals surface area contributed by atoms with Gasteiger partial charge >= 0.3 is 6.03 Å². The van der Waals surface area contributed by atoms with Gasteiger partial charge in [-0.15, -0.1) is 0 Å². The molecule has 1 aliphatic rings. The number of amides is 4. The molecule has 3 aromatic rings. The van der Waals surface area contributed by atoms with Crippen molar-refractivity contribution in [1.29, 1.82) is 0 Å². The van der Waals surface area contributed by atoms with E-state index < -0.39 is 23.6 Å². The largest absolute Gasteiger partial charge is 0.454 e. The fraction of sp³-hybridized carbons (Fsp3) is 0.286. The van der Waals surface area contributed by atoms with Crippen LogP contribution in [0.4, 0.5) is 25.1 Å². The third-order valence-corrected chi connectivity index (χ3v) is 6.26. The van der Waals surface area contributed by atoms with Crippen LogP contribution in [0.5, 0.6) is 11.5 Å². The minimum atomic E-state index is -0.843. The highest BCUT2D eigenvalue weighted by Crippen LogP contribution is 2.28. The molecular formula is C28H29F2N5O4. The van der Waals surface area contributed by atoms with E-state index >= 15 is 0 Å². The number of hydrogen-bond acceptors (Lipinski definition) is 6. The summed E-state index contributed by atoms with van der Waals surface area (Å²) in [5.41, 5.74) is 0.633. The molecule has 39 heavy (non-hydrogen) atoms. The van der Waals surface area contributed by atoms with Crippen LogP contribution in [0.1, 0.15) is 24.8 Å². The topological polar surface area (TPSA) is 113 Å². The zero-order chi connectivity index (χ0) is 27.8. The summed E-state index contributed by atoms with van der Waals surface area (Å²) in [5, 5.41) is 7.28. The molecule has 1 saturated heterocycles. The van der Waals surface area contributed by atoms with Crippen molar-refractivity contribution in [1.82, 2.24) is 15.2 Å². The molecule has 1 fully saturated rings. The molecule has 0 bridgehead atoms. The van der Waals surface area contributed by atoms with Gasteiger partial charge in [0, 0.05) is 30.4 Å². The smallest absolute Gasteiger partial charge is 0.325 e. The first-order valence-corrected chi connectivity index (χ1v) is 12.5. The van der Waals surface area contributed by atoms with Crippen molar-refractivity contribution in [2.75, 3.05) is 30.8 Å². The zero-order valence-electron chi connectivity index (χ0n) is 21.4. The first-order valence-electron chi connectivity index (χ1n) is 12.5. The summed E-state index contributed by atoms with van der Waals surface area (Å²) in [6.45, 7) is 1.94. The highest BCUT2D eigenvalue weighted by atomic mass is 19.1. The number of carbonyl (C=O) groups is 3. The maximum absolute atomic E-state index is 14.7. The summed E-state index contributed by atoms with van der Waals surface area (Å²) < 4.78 is 33.3. The van der Waals surface area contributed by atoms with Crippen molar-refractivity contribution in [2.24, 2.45) is 5.92 Å². The third kappa shape index (κ3) is 8.57. The van der Waals surface area contributed by atoms with Gasteiger partial charge in [0.25, 0.3) is 0 Å². The molecule has 0 aliphatic carbocycles. The highest BCUT2D eigenvalue weighted by Gasteiger charge is 2.20. The molecule has 1 aliphatic heterocycles. The Labute approximate surface area is 224 Å². The minimum Gasteiger partial charge on any atom is -0.454 e. The number of hydrogen-bond donors (Lipinski definition) is 3. The summed E-state index contributed by atoms with van der Waals surface area (Å²) in [6, 6.07) is 11.3. The molecule has 0 radical (unpaired) electrons.